The SMILES string of the molecule is CCN(CCN1C(=O)CS[C@H]1c1ccc(F)cc1)C(=O)NC(C)(C)C. The highest BCUT2D eigenvalue weighted by Gasteiger charge is 2.33. The van der Waals surface area contributed by atoms with Crippen molar-refractivity contribution in [1.29, 1.82) is 0 Å². The summed E-state index contributed by atoms with van der Waals surface area (Å²) in [5.41, 5.74) is 0.597. The Bertz CT molecular complexity index is 616. The molecule has 7 heteroatoms. The van der Waals surface area contributed by atoms with Gasteiger partial charge in [-0.2, -0.15) is 0 Å². The van der Waals surface area contributed by atoms with Crippen LogP contribution in [0, 0.1) is 5.82 Å². The molecule has 0 saturated carbocycles. The molecule has 0 aromatic heterocycles. The van der Waals surface area contributed by atoms with E-state index < -0.39 is 0 Å². The molecule has 1 heterocycles. The third-order valence-corrected chi connectivity index (χ3v) is 5.14. The van der Waals surface area contributed by atoms with E-state index in [-0.39, 0.29) is 28.7 Å². The van der Waals surface area contributed by atoms with Crippen molar-refractivity contribution in [2.24, 2.45) is 0 Å². The first-order valence-electron chi connectivity index (χ1n) is 8.45. The minimum Gasteiger partial charge on any atom is -0.333 e. The standard InChI is InChI=1S/C18H26FN3O2S/c1-5-21(17(24)20-18(2,3)4)10-11-22-15(23)12-25-16(22)13-6-8-14(19)9-7-13/h6-9,16H,5,10-12H2,1-4H3,(H,20,24)/t16-/m0/s1. The molecule has 1 aromatic rings. The van der Waals surface area contributed by atoms with Crippen molar-refractivity contribution in [3.8, 4) is 0 Å². The van der Waals surface area contributed by atoms with E-state index in [4.69, 9.17) is 0 Å². The number of benzene rings is 1. The first kappa shape index (κ1) is 19.6. The van der Waals surface area contributed by atoms with Crippen LogP contribution in [-0.4, -0.2) is 52.7 Å². The minimum atomic E-state index is -0.305. The Labute approximate surface area is 152 Å². The van der Waals surface area contributed by atoms with Crippen LogP contribution in [0.2, 0.25) is 0 Å². The molecule has 1 aliphatic heterocycles. The molecule has 3 amide bonds. The van der Waals surface area contributed by atoms with E-state index in [1.54, 1.807) is 21.9 Å². The number of likely N-dealkylation sites (N-methyl/N-ethyl adjacent to an activating group) is 1. The topological polar surface area (TPSA) is 52.7 Å². The average Bonchev–Trinajstić information content (AvgIpc) is 2.88. The van der Waals surface area contributed by atoms with Crippen molar-refractivity contribution in [1.82, 2.24) is 15.1 Å². The van der Waals surface area contributed by atoms with E-state index in [0.717, 1.165) is 5.56 Å². The maximum Gasteiger partial charge on any atom is 0.317 e. The van der Waals surface area contributed by atoms with Crippen molar-refractivity contribution in [2.75, 3.05) is 25.4 Å². The Kier molecular flexibility index (Phi) is 6.32. The molecule has 0 unspecified atom stereocenters. The molecule has 138 valence electrons. The fraction of sp³-hybridized carbons (Fsp3) is 0.556. The smallest absolute Gasteiger partial charge is 0.317 e. The van der Waals surface area contributed by atoms with E-state index in [9.17, 15) is 14.0 Å². The lowest BCUT2D eigenvalue weighted by atomic mass is 10.1. The van der Waals surface area contributed by atoms with E-state index in [0.29, 0.717) is 25.4 Å². The molecular weight excluding hydrogens is 341 g/mol. The van der Waals surface area contributed by atoms with E-state index in [2.05, 4.69) is 5.32 Å². The van der Waals surface area contributed by atoms with Crippen molar-refractivity contribution < 1.29 is 14.0 Å². The van der Waals surface area contributed by atoms with Crippen molar-refractivity contribution in [2.45, 2.75) is 38.6 Å². The van der Waals surface area contributed by atoms with Crippen molar-refractivity contribution in [3.63, 3.8) is 0 Å². The number of carbonyl (C=O) groups is 2. The minimum absolute atomic E-state index is 0.0478. The van der Waals surface area contributed by atoms with Crippen LogP contribution in [0.5, 0.6) is 0 Å². The lowest BCUT2D eigenvalue weighted by molar-refractivity contribution is -0.128. The molecule has 0 aliphatic carbocycles. The fourth-order valence-electron chi connectivity index (χ4n) is 2.63. The van der Waals surface area contributed by atoms with Crippen LogP contribution in [0.15, 0.2) is 24.3 Å². The second kappa shape index (κ2) is 8.08. The lowest BCUT2D eigenvalue weighted by Crippen LogP contribution is -2.50. The molecule has 1 N–H and O–H groups in total. The number of carbonyl (C=O) groups excluding carboxylic acids is 2. The summed E-state index contributed by atoms with van der Waals surface area (Å²) in [6.07, 6.45) is 0. The predicted molar refractivity (Wildman–Crippen MR) is 98.8 cm³/mol. The van der Waals surface area contributed by atoms with Gasteiger partial charge in [-0.05, 0) is 45.4 Å². The molecule has 0 spiro atoms. The summed E-state index contributed by atoms with van der Waals surface area (Å²) in [6, 6.07) is 6.11. The molecule has 5 nitrogen and oxygen atoms in total. The summed E-state index contributed by atoms with van der Waals surface area (Å²) in [4.78, 5) is 28.0. The third-order valence-electron chi connectivity index (χ3n) is 3.88. The van der Waals surface area contributed by atoms with Gasteiger partial charge < -0.3 is 15.1 Å². The van der Waals surface area contributed by atoms with Gasteiger partial charge in [-0.15, -0.1) is 11.8 Å². The number of rotatable bonds is 5. The monoisotopic (exact) mass is 367 g/mol. The molecule has 0 bridgehead atoms. The van der Waals surface area contributed by atoms with Gasteiger partial charge in [0, 0.05) is 25.2 Å². The number of nitrogens with zero attached hydrogens (tertiary/aromatic N) is 2. The summed E-state index contributed by atoms with van der Waals surface area (Å²) < 4.78 is 13.1. The highest BCUT2D eigenvalue weighted by molar-refractivity contribution is 8.00. The number of thioether (sulfide) groups is 1. The Balaban J connectivity index is 2.02. The Hall–Kier alpha value is -1.76. The fourth-order valence-corrected chi connectivity index (χ4v) is 3.85. The van der Waals surface area contributed by atoms with Crippen molar-refractivity contribution in [3.05, 3.63) is 35.6 Å². The number of amides is 3. The van der Waals surface area contributed by atoms with Crippen LogP contribution < -0.4 is 5.32 Å². The van der Waals surface area contributed by atoms with Crippen LogP contribution in [0.1, 0.15) is 38.6 Å². The van der Waals surface area contributed by atoms with Gasteiger partial charge >= 0.3 is 6.03 Å². The first-order chi connectivity index (χ1) is 11.7. The Morgan fingerprint density at radius 1 is 1.36 bits per heavy atom. The van der Waals surface area contributed by atoms with Crippen LogP contribution in [-0.2, 0) is 4.79 Å². The zero-order chi connectivity index (χ0) is 18.6. The molecule has 2 rings (SSSR count). The highest BCUT2D eigenvalue weighted by Crippen LogP contribution is 2.38. The lowest BCUT2D eigenvalue weighted by Gasteiger charge is -2.30. The average molecular weight is 367 g/mol. The van der Waals surface area contributed by atoms with Gasteiger partial charge in [0.2, 0.25) is 5.91 Å². The highest BCUT2D eigenvalue weighted by atomic mass is 32.2. The van der Waals surface area contributed by atoms with Crippen LogP contribution in [0.4, 0.5) is 9.18 Å². The van der Waals surface area contributed by atoms with E-state index >= 15 is 0 Å². The second-order valence-corrected chi connectivity index (χ2v) is 8.13. The largest absolute Gasteiger partial charge is 0.333 e. The molecule has 1 atom stereocenters. The van der Waals surface area contributed by atoms with Gasteiger partial charge in [0.05, 0.1) is 5.75 Å². The quantitative estimate of drug-likeness (QED) is 0.869. The molecule has 25 heavy (non-hydrogen) atoms. The van der Waals surface area contributed by atoms with E-state index in [1.807, 2.05) is 27.7 Å². The van der Waals surface area contributed by atoms with Gasteiger partial charge in [-0.25, -0.2) is 9.18 Å². The first-order valence-corrected chi connectivity index (χ1v) is 9.50. The summed E-state index contributed by atoms with van der Waals surface area (Å²) in [5, 5.41) is 2.82. The summed E-state index contributed by atoms with van der Waals surface area (Å²) in [5.74, 6) is 0.162. The second-order valence-electron chi connectivity index (χ2n) is 7.06. The number of hydrogen-bond donors (Lipinski definition) is 1. The van der Waals surface area contributed by atoms with Gasteiger partial charge in [0.25, 0.3) is 0 Å². The van der Waals surface area contributed by atoms with Gasteiger partial charge in [-0.3, -0.25) is 4.79 Å². The number of hydrogen-bond acceptors (Lipinski definition) is 3. The molecule has 1 aliphatic rings. The van der Waals surface area contributed by atoms with Crippen LogP contribution in [0.25, 0.3) is 0 Å². The van der Waals surface area contributed by atoms with Crippen LogP contribution in [0.3, 0.4) is 0 Å². The summed E-state index contributed by atoms with van der Waals surface area (Å²) in [6.45, 7) is 9.21. The van der Waals surface area contributed by atoms with Gasteiger partial charge in [0.1, 0.15) is 11.2 Å². The number of nitrogens with one attached hydrogen (secondary N) is 1. The summed E-state index contributed by atoms with van der Waals surface area (Å²) >= 11 is 1.53. The normalized spacial score (nSPS) is 17.7. The summed E-state index contributed by atoms with van der Waals surface area (Å²) in [7, 11) is 0. The molecule has 1 saturated heterocycles. The van der Waals surface area contributed by atoms with Crippen molar-refractivity contribution >= 4 is 23.7 Å². The molecular formula is C18H26FN3O2S. The predicted octanol–water partition coefficient (Wildman–Crippen LogP) is 3.23. The zero-order valence-corrected chi connectivity index (χ0v) is 16.0. The maximum absolute atomic E-state index is 13.1. The number of urea groups is 1. The zero-order valence-electron chi connectivity index (χ0n) is 15.2. The van der Waals surface area contributed by atoms with Gasteiger partial charge in [0.15, 0.2) is 0 Å². The number of halogens is 1. The Morgan fingerprint density at radius 2 is 2.00 bits per heavy atom. The molecule has 1 aromatic carbocycles. The third kappa shape index (κ3) is 5.36. The Morgan fingerprint density at radius 3 is 2.56 bits per heavy atom. The van der Waals surface area contributed by atoms with Gasteiger partial charge in [-0.1, -0.05) is 12.1 Å². The van der Waals surface area contributed by atoms with Crippen LogP contribution >= 0.6 is 11.8 Å². The molecule has 0 radical (unpaired) electrons. The maximum atomic E-state index is 13.1. The van der Waals surface area contributed by atoms with E-state index in [1.165, 1.54) is 23.9 Å². The molecule has 1 fully saturated rings.